The third kappa shape index (κ3) is 4.17. The van der Waals surface area contributed by atoms with Crippen LogP contribution in [-0.2, 0) is 4.79 Å². The Balaban J connectivity index is 1.58. The van der Waals surface area contributed by atoms with E-state index >= 15 is 0 Å². The molecule has 0 atom stereocenters. The molecule has 0 unspecified atom stereocenters. The first-order valence-electron chi connectivity index (χ1n) is 7.04. The van der Waals surface area contributed by atoms with Gasteiger partial charge in [0, 0.05) is 28.9 Å². The predicted octanol–water partition coefficient (Wildman–Crippen LogP) is 3.64. The minimum Gasteiger partial charge on any atom is -0.465 e. The molecule has 0 spiro atoms. The standard InChI is InChI=1S/C17H13N3O3S/c21-15(8-7-14-2-1-10-23-14)19-13-5-3-12(4-6-13)16(22)20-17-18-9-11-24-17/h1-11H,(H,19,21)(H,18,20,22). The Labute approximate surface area is 141 Å². The van der Waals surface area contributed by atoms with Gasteiger partial charge in [0.05, 0.1) is 6.26 Å². The second-order valence-electron chi connectivity index (χ2n) is 4.71. The van der Waals surface area contributed by atoms with Crippen molar-refractivity contribution in [2.45, 2.75) is 0 Å². The molecule has 0 aliphatic rings. The van der Waals surface area contributed by atoms with Crippen LogP contribution in [0.15, 0.2) is 64.7 Å². The molecule has 0 saturated heterocycles. The molecule has 6 nitrogen and oxygen atoms in total. The topological polar surface area (TPSA) is 84.2 Å². The van der Waals surface area contributed by atoms with Crippen molar-refractivity contribution in [2.24, 2.45) is 0 Å². The smallest absolute Gasteiger partial charge is 0.257 e. The van der Waals surface area contributed by atoms with E-state index in [-0.39, 0.29) is 11.8 Å². The minimum atomic E-state index is -0.286. The van der Waals surface area contributed by atoms with Crippen molar-refractivity contribution in [1.29, 1.82) is 0 Å². The molecule has 0 saturated carbocycles. The highest BCUT2D eigenvalue weighted by Crippen LogP contribution is 2.14. The Morgan fingerprint density at radius 1 is 1.12 bits per heavy atom. The fourth-order valence-corrected chi connectivity index (χ4v) is 2.41. The van der Waals surface area contributed by atoms with E-state index in [0.717, 1.165) is 0 Å². The fraction of sp³-hybridized carbons (Fsp3) is 0. The molecule has 1 aromatic carbocycles. The van der Waals surface area contributed by atoms with Gasteiger partial charge in [0.2, 0.25) is 5.91 Å². The van der Waals surface area contributed by atoms with Crippen LogP contribution in [0.4, 0.5) is 10.8 Å². The average molecular weight is 339 g/mol. The van der Waals surface area contributed by atoms with E-state index in [0.29, 0.717) is 22.1 Å². The second-order valence-corrected chi connectivity index (χ2v) is 5.60. The lowest BCUT2D eigenvalue weighted by molar-refractivity contribution is -0.111. The van der Waals surface area contributed by atoms with Crippen LogP contribution >= 0.6 is 11.3 Å². The summed E-state index contributed by atoms with van der Waals surface area (Å²) in [6.07, 6.45) is 6.11. The quantitative estimate of drug-likeness (QED) is 0.695. The van der Waals surface area contributed by atoms with Crippen LogP contribution < -0.4 is 10.6 Å². The molecule has 2 heterocycles. The van der Waals surface area contributed by atoms with Gasteiger partial charge in [0.15, 0.2) is 5.13 Å². The number of carbonyl (C=O) groups excluding carboxylic acids is 2. The normalized spacial score (nSPS) is 10.7. The van der Waals surface area contributed by atoms with Gasteiger partial charge in [-0.2, -0.15) is 0 Å². The van der Waals surface area contributed by atoms with Crippen molar-refractivity contribution in [3.8, 4) is 0 Å². The van der Waals surface area contributed by atoms with Gasteiger partial charge in [0.1, 0.15) is 5.76 Å². The SMILES string of the molecule is O=C(C=Cc1ccco1)Nc1ccc(C(=O)Nc2nccs2)cc1. The molecule has 2 N–H and O–H groups in total. The molecular weight excluding hydrogens is 326 g/mol. The van der Waals surface area contributed by atoms with Gasteiger partial charge < -0.3 is 9.73 Å². The Bertz CT molecular complexity index is 838. The summed E-state index contributed by atoms with van der Waals surface area (Å²) in [4.78, 5) is 27.8. The molecule has 0 radical (unpaired) electrons. The van der Waals surface area contributed by atoms with Crippen LogP contribution in [0, 0.1) is 0 Å². The number of rotatable bonds is 5. The van der Waals surface area contributed by atoms with Crippen LogP contribution in [0.3, 0.4) is 0 Å². The number of thiazole rings is 1. The number of furan rings is 1. The van der Waals surface area contributed by atoms with Gasteiger partial charge in [-0.15, -0.1) is 11.3 Å². The number of hydrogen-bond acceptors (Lipinski definition) is 5. The number of aromatic nitrogens is 1. The van der Waals surface area contributed by atoms with E-state index in [1.165, 1.54) is 23.7 Å². The van der Waals surface area contributed by atoms with Gasteiger partial charge in [0.25, 0.3) is 5.91 Å². The average Bonchev–Trinajstić information content (AvgIpc) is 3.27. The summed E-state index contributed by atoms with van der Waals surface area (Å²) < 4.78 is 5.10. The number of amides is 2. The van der Waals surface area contributed by atoms with E-state index < -0.39 is 0 Å². The Kier molecular flexibility index (Phi) is 4.83. The van der Waals surface area contributed by atoms with Crippen LogP contribution in [0.5, 0.6) is 0 Å². The zero-order chi connectivity index (χ0) is 16.8. The van der Waals surface area contributed by atoms with E-state index in [2.05, 4.69) is 15.6 Å². The summed E-state index contributed by atoms with van der Waals surface area (Å²) in [5, 5.41) is 7.72. The molecule has 3 rings (SSSR count). The fourth-order valence-electron chi connectivity index (χ4n) is 1.89. The maximum absolute atomic E-state index is 12.0. The Hall–Kier alpha value is -3.19. The van der Waals surface area contributed by atoms with Crippen LogP contribution in [0.25, 0.3) is 6.08 Å². The first-order chi connectivity index (χ1) is 11.7. The summed E-state index contributed by atoms with van der Waals surface area (Å²) in [5.74, 6) is 0.0614. The highest BCUT2D eigenvalue weighted by Gasteiger charge is 2.07. The zero-order valence-electron chi connectivity index (χ0n) is 12.4. The Morgan fingerprint density at radius 2 is 1.96 bits per heavy atom. The van der Waals surface area contributed by atoms with Gasteiger partial charge in [-0.25, -0.2) is 4.98 Å². The van der Waals surface area contributed by atoms with Gasteiger partial charge in [-0.05, 0) is 42.5 Å². The molecule has 0 aliphatic heterocycles. The van der Waals surface area contributed by atoms with Crippen LogP contribution in [0.2, 0.25) is 0 Å². The zero-order valence-corrected chi connectivity index (χ0v) is 13.2. The van der Waals surface area contributed by atoms with E-state index in [4.69, 9.17) is 4.42 Å². The second kappa shape index (κ2) is 7.38. The van der Waals surface area contributed by atoms with Gasteiger partial charge in [-0.3, -0.25) is 14.9 Å². The van der Waals surface area contributed by atoms with Crippen molar-refractivity contribution in [3.63, 3.8) is 0 Å². The summed E-state index contributed by atoms with van der Waals surface area (Å²) in [7, 11) is 0. The molecule has 120 valence electrons. The number of nitrogens with one attached hydrogen (secondary N) is 2. The van der Waals surface area contributed by atoms with E-state index in [1.807, 2.05) is 0 Å². The molecule has 2 aromatic heterocycles. The molecule has 3 aromatic rings. The molecule has 0 aliphatic carbocycles. The highest BCUT2D eigenvalue weighted by atomic mass is 32.1. The van der Waals surface area contributed by atoms with Gasteiger partial charge in [-0.1, -0.05) is 0 Å². The largest absolute Gasteiger partial charge is 0.465 e. The lowest BCUT2D eigenvalue weighted by Crippen LogP contribution is -2.12. The number of carbonyl (C=O) groups is 2. The summed E-state index contributed by atoms with van der Waals surface area (Å²) in [6, 6.07) is 10.1. The first kappa shape index (κ1) is 15.7. The maximum atomic E-state index is 12.0. The Morgan fingerprint density at radius 3 is 2.62 bits per heavy atom. The first-order valence-corrected chi connectivity index (χ1v) is 7.92. The van der Waals surface area contributed by atoms with E-state index in [1.54, 1.807) is 54.1 Å². The maximum Gasteiger partial charge on any atom is 0.257 e. The van der Waals surface area contributed by atoms with Crippen molar-refractivity contribution in [2.75, 3.05) is 10.6 Å². The van der Waals surface area contributed by atoms with Crippen LogP contribution in [-0.4, -0.2) is 16.8 Å². The predicted molar refractivity (Wildman–Crippen MR) is 92.9 cm³/mol. The minimum absolute atomic E-state index is 0.249. The highest BCUT2D eigenvalue weighted by molar-refractivity contribution is 7.13. The lowest BCUT2D eigenvalue weighted by Gasteiger charge is -2.04. The molecule has 7 heteroatoms. The number of anilines is 2. The van der Waals surface area contributed by atoms with E-state index in [9.17, 15) is 9.59 Å². The molecule has 0 fully saturated rings. The molecule has 0 bridgehead atoms. The number of nitrogens with zero attached hydrogens (tertiary/aromatic N) is 1. The van der Waals surface area contributed by atoms with Crippen molar-refractivity contribution >= 4 is 40.0 Å². The molecule has 24 heavy (non-hydrogen) atoms. The summed E-state index contributed by atoms with van der Waals surface area (Å²) in [6.45, 7) is 0. The number of benzene rings is 1. The number of hydrogen-bond donors (Lipinski definition) is 2. The summed E-state index contributed by atoms with van der Waals surface area (Å²) in [5.41, 5.74) is 1.07. The van der Waals surface area contributed by atoms with Crippen molar-refractivity contribution in [1.82, 2.24) is 4.98 Å². The van der Waals surface area contributed by atoms with Gasteiger partial charge >= 0.3 is 0 Å². The third-order valence-electron chi connectivity index (χ3n) is 3.01. The lowest BCUT2D eigenvalue weighted by atomic mass is 10.2. The molecule has 2 amide bonds. The molecular formula is C17H13N3O3S. The van der Waals surface area contributed by atoms with Crippen molar-refractivity contribution in [3.05, 3.63) is 71.6 Å². The third-order valence-corrected chi connectivity index (χ3v) is 3.70. The summed E-state index contributed by atoms with van der Waals surface area (Å²) >= 11 is 1.35. The van der Waals surface area contributed by atoms with Crippen LogP contribution in [0.1, 0.15) is 16.1 Å². The monoisotopic (exact) mass is 339 g/mol. The van der Waals surface area contributed by atoms with Crippen molar-refractivity contribution < 1.29 is 14.0 Å².